The third kappa shape index (κ3) is 4.72. The molecule has 0 atom stereocenters. The van der Waals surface area contributed by atoms with Gasteiger partial charge in [-0.3, -0.25) is 4.79 Å². The van der Waals surface area contributed by atoms with Gasteiger partial charge in [0.05, 0.1) is 12.7 Å². The van der Waals surface area contributed by atoms with Crippen LogP contribution < -0.4 is 10.1 Å². The highest BCUT2D eigenvalue weighted by atomic mass is 16.5. The molecule has 0 unspecified atom stereocenters. The maximum Gasteiger partial charge on any atom is 0.220 e. The summed E-state index contributed by atoms with van der Waals surface area (Å²) >= 11 is 0. The van der Waals surface area contributed by atoms with Crippen LogP contribution in [0.2, 0.25) is 0 Å². The van der Waals surface area contributed by atoms with Crippen LogP contribution in [0.15, 0.2) is 24.3 Å². The first-order chi connectivity index (χ1) is 10.1. The van der Waals surface area contributed by atoms with Crippen molar-refractivity contribution in [1.29, 1.82) is 0 Å². The van der Waals surface area contributed by atoms with E-state index in [0.717, 1.165) is 11.3 Å². The third-order valence-corrected chi connectivity index (χ3v) is 3.85. The zero-order valence-electron chi connectivity index (χ0n) is 12.4. The molecule has 116 valence electrons. The molecular weight excluding hydrogens is 270 g/mol. The van der Waals surface area contributed by atoms with Crippen LogP contribution in [-0.4, -0.2) is 43.5 Å². The van der Waals surface area contributed by atoms with Gasteiger partial charge in [-0.25, -0.2) is 0 Å². The van der Waals surface area contributed by atoms with Crippen molar-refractivity contribution in [3.8, 4) is 5.75 Å². The van der Waals surface area contributed by atoms with E-state index < -0.39 is 5.60 Å². The Balaban J connectivity index is 1.77. The van der Waals surface area contributed by atoms with Crippen molar-refractivity contribution in [2.45, 2.75) is 31.3 Å². The largest absolute Gasteiger partial charge is 0.496 e. The van der Waals surface area contributed by atoms with E-state index in [1.54, 1.807) is 7.11 Å². The molecule has 5 nitrogen and oxygen atoms in total. The summed E-state index contributed by atoms with van der Waals surface area (Å²) in [6.07, 6.45) is 2.14. The monoisotopic (exact) mass is 293 g/mol. The molecule has 1 fully saturated rings. The normalized spacial score (nSPS) is 17.2. The molecule has 1 aromatic carbocycles. The fourth-order valence-corrected chi connectivity index (χ4v) is 2.44. The molecule has 1 saturated heterocycles. The lowest BCUT2D eigenvalue weighted by Gasteiger charge is -2.32. The minimum atomic E-state index is -0.821. The maximum atomic E-state index is 11.9. The van der Waals surface area contributed by atoms with Crippen LogP contribution in [0.5, 0.6) is 5.75 Å². The quantitative estimate of drug-likeness (QED) is 0.829. The molecule has 0 saturated carbocycles. The van der Waals surface area contributed by atoms with E-state index in [4.69, 9.17) is 9.47 Å². The van der Waals surface area contributed by atoms with Gasteiger partial charge in [0.25, 0.3) is 0 Å². The topological polar surface area (TPSA) is 67.8 Å². The van der Waals surface area contributed by atoms with E-state index in [0.29, 0.717) is 45.4 Å². The highest BCUT2D eigenvalue weighted by molar-refractivity contribution is 5.76. The fourth-order valence-electron chi connectivity index (χ4n) is 2.44. The Bertz CT molecular complexity index is 469. The van der Waals surface area contributed by atoms with E-state index in [2.05, 4.69) is 5.32 Å². The molecule has 0 aliphatic carbocycles. The summed E-state index contributed by atoms with van der Waals surface area (Å²) in [7, 11) is 1.62. The summed E-state index contributed by atoms with van der Waals surface area (Å²) < 4.78 is 10.5. The second-order valence-electron chi connectivity index (χ2n) is 5.43. The van der Waals surface area contributed by atoms with Crippen molar-refractivity contribution >= 4 is 5.91 Å². The number of aliphatic hydroxyl groups is 1. The summed E-state index contributed by atoms with van der Waals surface area (Å²) in [5.41, 5.74) is 0.193. The molecule has 0 bridgehead atoms. The molecule has 5 heteroatoms. The number of ether oxygens (including phenoxy) is 2. The summed E-state index contributed by atoms with van der Waals surface area (Å²) in [5.74, 6) is 0.745. The summed E-state index contributed by atoms with van der Waals surface area (Å²) in [5, 5.41) is 13.1. The summed E-state index contributed by atoms with van der Waals surface area (Å²) in [6.45, 7) is 1.39. The number of carbonyl (C=O) groups is 1. The number of nitrogens with one attached hydrogen (secondary N) is 1. The molecule has 2 N–H and O–H groups in total. The standard InChI is InChI=1S/C16H23NO4/c1-20-14-5-3-2-4-13(14)6-7-15(18)17-12-16(19)8-10-21-11-9-16/h2-5,19H,6-12H2,1H3,(H,17,18). The van der Waals surface area contributed by atoms with Crippen molar-refractivity contribution in [3.63, 3.8) is 0 Å². The SMILES string of the molecule is COc1ccccc1CCC(=O)NCC1(O)CCOCC1. The van der Waals surface area contributed by atoms with Gasteiger partial charge in [0.2, 0.25) is 5.91 Å². The van der Waals surface area contributed by atoms with Crippen LogP contribution in [0.25, 0.3) is 0 Å². The lowest BCUT2D eigenvalue weighted by Crippen LogP contribution is -2.46. The van der Waals surface area contributed by atoms with E-state index in [1.807, 2.05) is 24.3 Å². The maximum absolute atomic E-state index is 11.9. The molecule has 21 heavy (non-hydrogen) atoms. The molecule has 1 aliphatic heterocycles. The molecule has 1 aliphatic rings. The van der Waals surface area contributed by atoms with E-state index in [1.165, 1.54) is 0 Å². The van der Waals surface area contributed by atoms with Crippen LogP contribution in [0.4, 0.5) is 0 Å². The van der Waals surface area contributed by atoms with Crippen LogP contribution in [-0.2, 0) is 16.0 Å². The van der Waals surface area contributed by atoms with E-state index in [-0.39, 0.29) is 5.91 Å². The van der Waals surface area contributed by atoms with Crippen molar-refractivity contribution in [2.24, 2.45) is 0 Å². The van der Waals surface area contributed by atoms with Crippen LogP contribution in [0.3, 0.4) is 0 Å². The third-order valence-electron chi connectivity index (χ3n) is 3.85. The van der Waals surface area contributed by atoms with Gasteiger partial charge in [0, 0.05) is 39.0 Å². The molecule has 0 radical (unpaired) electrons. The van der Waals surface area contributed by atoms with E-state index >= 15 is 0 Å². The first-order valence-electron chi connectivity index (χ1n) is 7.32. The number of rotatable bonds is 6. The van der Waals surface area contributed by atoms with Gasteiger partial charge in [-0.15, -0.1) is 0 Å². The van der Waals surface area contributed by atoms with Crippen LogP contribution in [0.1, 0.15) is 24.8 Å². The van der Waals surface area contributed by atoms with Gasteiger partial charge in [-0.1, -0.05) is 18.2 Å². The highest BCUT2D eigenvalue weighted by Gasteiger charge is 2.29. The van der Waals surface area contributed by atoms with Gasteiger partial charge in [-0.05, 0) is 18.1 Å². The van der Waals surface area contributed by atoms with E-state index in [9.17, 15) is 9.90 Å². The van der Waals surface area contributed by atoms with Crippen molar-refractivity contribution < 1.29 is 19.4 Å². The number of benzene rings is 1. The van der Waals surface area contributed by atoms with Gasteiger partial charge in [0.15, 0.2) is 0 Å². The summed E-state index contributed by atoms with van der Waals surface area (Å²) in [6, 6.07) is 7.68. The minimum Gasteiger partial charge on any atom is -0.496 e. The Morgan fingerprint density at radius 1 is 1.38 bits per heavy atom. The average molecular weight is 293 g/mol. The Hall–Kier alpha value is -1.59. The Morgan fingerprint density at radius 2 is 2.10 bits per heavy atom. The average Bonchev–Trinajstić information content (AvgIpc) is 2.52. The Labute approximate surface area is 125 Å². The number of hydrogen-bond acceptors (Lipinski definition) is 4. The molecular formula is C16H23NO4. The van der Waals surface area contributed by atoms with Gasteiger partial charge in [-0.2, -0.15) is 0 Å². The smallest absolute Gasteiger partial charge is 0.220 e. The molecule has 1 heterocycles. The van der Waals surface area contributed by atoms with Crippen molar-refractivity contribution in [3.05, 3.63) is 29.8 Å². The number of amides is 1. The van der Waals surface area contributed by atoms with Gasteiger partial charge >= 0.3 is 0 Å². The molecule has 0 spiro atoms. The fraction of sp³-hybridized carbons (Fsp3) is 0.562. The number of para-hydroxylation sites is 1. The number of aryl methyl sites for hydroxylation is 1. The molecule has 1 aromatic rings. The molecule has 0 aromatic heterocycles. The predicted octanol–water partition coefficient (Wildman–Crippen LogP) is 1.29. The number of hydrogen-bond donors (Lipinski definition) is 2. The molecule has 2 rings (SSSR count). The van der Waals surface area contributed by atoms with Crippen molar-refractivity contribution in [1.82, 2.24) is 5.32 Å². The second-order valence-corrected chi connectivity index (χ2v) is 5.43. The van der Waals surface area contributed by atoms with Gasteiger partial charge in [0.1, 0.15) is 5.75 Å². The lowest BCUT2D eigenvalue weighted by atomic mass is 9.94. The minimum absolute atomic E-state index is 0.0548. The zero-order valence-corrected chi connectivity index (χ0v) is 12.4. The zero-order chi connectivity index (χ0) is 15.1. The second kappa shape index (κ2) is 7.43. The predicted molar refractivity (Wildman–Crippen MR) is 79.3 cm³/mol. The van der Waals surface area contributed by atoms with Crippen LogP contribution in [0, 0.1) is 0 Å². The Morgan fingerprint density at radius 3 is 2.81 bits per heavy atom. The molecule has 1 amide bonds. The van der Waals surface area contributed by atoms with Gasteiger partial charge < -0.3 is 19.9 Å². The van der Waals surface area contributed by atoms with Crippen LogP contribution >= 0.6 is 0 Å². The Kier molecular flexibility index (Phi) is 5.59. The number of methoxy groups -OCH3 is 1. The first-order valence-corrected chi connectivity index (χ1v) is 7.32. The first kappa shape index (κ1) is 15.8. The lowest BCUT2D eigenvalue weighted by molar-refractivity contribution is -0.123. The highest BCUT2D eigenvalue weighted by Crippen LogP contribution is 2.20. The summed E-state index contributed by atoms with van der Waals surface area (Å²) in [4.78, 5) is 11.9. The number of carbonyl (C=O) groups excluding carboxylic acids is 1. The van der Waals surface area contributed by atoms with Crippen molar-refractivity contribution in [2.75, 3.05) is 26.9 Å².